The van der Waals surface area contributed by atoms with E-state index in [1.807, 2.05) is 32.4 Å². The van der Waals surface area contributed by atoms with Gasteiger partial charge in [-0.2, -0.15) is 0 Å². The first kappa shape index (κ1) is 17.8. The van der Waals surface area contributed by atoms with Crippen LogP contribution in [0.5, 0.6) is 5.75 Å². The highest BCUT2D eigenvalue weighted by Gasteiger charge is 2.32. The molecule has 2 atom stereocenters. The smallest absolute Gasteiger partial charge is 0.165 e. The van der Waals surface area contributed by atoms with Crippen LogP contribution >= 0.6 is 0 Å². The van der Waals surface area contributed by atoms with E-state index in [9.17, 15) is 8.94 Å². The number of benzene rings is 1. The molecule has 2 aromatic rings. The van der Waals surface area contributed by atoms with E-state index in [2.05, 4.69) is 9.71 Å². The summed E-state index contributed by atoms with van der Waals surface area (Å²) in [4.78, 5) is 4.10. The maximum absolute atomic E-state index is 14.1. The number of imidazole rings is 1. The minimum atomic E-state index is -1.32. The van der Waals surface area contributed by atoms with Gasteiger partial charge in [0.2, 0.25) is 0 Å². The van der Waals surface area contributed by atoms with Gasteiger partial charge >= 0.3 is 0 Å². The largest absolute Gasteiger partial charge is 0.598 e. The van der Waals surface area contributed by atoms with Crippen LogP contribution in [0.3, 0.4) is 0 Å². The Morgan fingerprint density at radius 2 is 2.09 bits per heavy atom. The fraction of sp³-hybridized carbons (Fsp3) is 0.438. The third kappa shape index (κ3) is 4.04. The van der Waals surface area contributed by atoms with Gasteiger partial charge in [0.15, 0.2) is 11.6 Å². The van der Waals surface area contributed by atoms with Crippen molar-refractivity contribution in [3.05, 3.63) is 47.8 Å². The molecule has 1 aromatic heterocycles. The molecular formula is C16H22FN3O2S. The molecule has 1 heterocycles. The summed E-state index contributed by atoms with van der Waals surface area (Å²) >= 11 is -1.32. The highest BCUT2D eigenvalue weighted by molar-refractivity contribution is 7.90. The number of methoxy groups -OCH3 is 1. The second kappa shape index (κ2) is 6.90. The number of nitrogens with zero attached hydrogens (tertiary/aromatic N) is 2. The van der Waals surface area contributed by atoms with Crippen molar-refractivity contribution in [1.29, 1.82) is 0 Å². The van der Waals surface area contributed by atoms with Crippen molar-refractivity contribution in [2.45, 2.75) is 31.6 Å². The third-order valence-electron chi connectivity index (χ3n) is 3.44. The van der Waals surface area contributed by atoms with E-state index in [1.54, 1.807) is 24.7 Å². The van der Waals surface area contributed by atoms with Crippen LogP contribution in [0.15, 0.2) is 30.7 Å². The van der Waals surface area contributed by atoms with Gasteiger partial charge in [0.25, 0.3) is 0 Å². The number of hydrogen-bond acceptors (Lipinski definition) is 4. The van der Waals surface area contributed by atoms with Crippen LogP contribution in [-0.2, 0) is 18.4 Å². The number of hydrogen-bond donors (Lipinski definition) is 1. The van der Waals surface area contributed by atoms with Gasteiger partial charge in [-0.3, -0.25) is 0 Å². The summed E-state index contributed by atoms with van der Waals surface area (Å²) in [7, 11) is 3.26. The normalized spacial score (nSPS) is 14.6. The predicted molar refractivity (Wildman–Crippen MR) is 89.0 cm³/mol. The van der Waals surface area contributed by atoms with E-state index < -0.39 is 28.0 Å². The number of aromatic nitrogens is 2. The Bertz CT molecular complexity index is 670. The van der Waals surface area contributed by atoms with Crippen LogP contribution in [0.2, 0.25) is 0 Å². The van der Waals surface area contributed by atoms with Gasteiger partial charge in [0.05, 0.1) is 25.3 Å². The molecule has 1 aromatic carbocycles. The number of nitrogens with one attached hydrogen (secondary N) is 1. The Labute approximate surface area is 139 Å². The molecule has 0 aliphatic carbocycles. The minimum absolute atomic E-state index is 0.175. The highest BCUT2D eigenvalue weighted by Crippen LogP contribution is 2.28. The molecule has 0 unspecified atom stereocenters. The van der Waals surface area contributed by atoms with Crippen LogP contribution in [0.1, 0.15) is 38.1 Å². The Hall–Kier alpha value is -1.57. The zero-order valence-corrected chi connectivity index (χ0v) is 14.8. The number of aryl methyl sites for hydroxylation is 1. The van der Waals surface area contributed by atoms with E-state index in [0.717, 1.165) is 5.69 Å². The average molecular weight is 339 g/mol. The van der Waals surface area contributed by atoms with E-state index in [0.29, 0.717) is 5.56 Å². The summed E-state index contributed by atoms with van der Waals surface area (Å²) in [6, 6.07) is 4.27. The average Bonchev–Trinajstić information content (AvgIpc) is 2.89. The van der Waals surface area contributed by atoms with Crippen molar-refractivity contribution in [2.75, 3.05) is 7.11 Å². The van der Waals surface area contributed by atoms with E-state index in [-0.39, 0.29) is 5.75 Å². The van der Waals surface area contributed by atoms with Crippen molar-refractivity contribution >= 4 is 11.4 Å². The SMILES string of the molecule is COc1ccc([C@@H](N[S@+]([O-])C(C)(C)C)c2cncn2C)cc1F. The molecule has 0 amide bonds. The van der Waals surface area contributed by atoms with Crippen molar-refractivity contribution < 1.29 is 13.7 Å². The molecule has 7 heteroatoms. The standard InChI is InChI=1S/C16H22FN3O2S/c1-16(2,3)23(21)19-15(13-9-18-10-20(13)4)11-6-7-14(22-5)12(17)8-11/h6-10,15,19H,1-5H3/t15-,23-/m1/s1. The Morgan fingerprint density at radius 1 is 1.39 bits per heavy atom. The first-order chi connectivity index (χ1) is 10.7. The molecule has 1 N–H and O–H groups in total. The first-order valence-corrected chi connectivity index (χ1v) is 8.36. The van der Waals surface area contributed by atoms with Crippen LogP contribution < -0.4 is 9.46 Å². The first-order valence-electron chi connectivity index (χ1n) is 7.21. The van der Waals surface area contributed by atoms with Crippen molar-refractivity contribution in [3.63, 3.8) is 0 Å². The summed E-state index contributed by atoms with van der Waals surface area (Å²) < 4.78 is 36.0. The van der Waals surface area contributed by atoms with Gasteiger partial charge in [-0.25, -0.2) is 9.37 Å². The fourth-order valence-electron chi connectivity index (χ4n) is 2.09. The lowest BCUT2D eigenvalue weighted by molar-refractivity contribution is 0.386. The van der Waals surface area contributed by atoms with Crippen LogP contribution in [0.25, 0.3) is 0 Å². The maximum atomic E-state index is 14.1. The maximum Gasteiger partial charge on any atom is 0.165 e. The lowest BCUT2D eigenvalue weighted by Gasteiger charge is -2.28. The van der Waals surface area contributed by atoms with Gasteiger partial charge < -0.3 is 13.9 Å². The highest BCUT2D eigenvalue weighted by atomic mass is 32.2. The molecule has 0 fully saturated rings. The lowest BCUT2D eigenvalue weighted by atomic mass is 10.0. The molecule has 0 aliphatic heterocycles. The molecule has 126 valence electrons. The van der Waals surface area contributed by atoms with Gasteiger partial charge in [0, 0.05) is 18.4 Å². The molecule has 0 bridgehead atoms. The van der Waals surface area contributed by atoms with Crippen LogP contribution in [0.4, 0.5) is 4.39 Å². The molecule has 0 saturated carbocycles. The predicted octanol–water partition coefficient (Wildman–Crippen LogP) is 2.71. The number of ether oxygens (including phenoxy) is 1. The second-order valence-electron chi connectivity index (χ2n) is 6.26. The Morgan fingerprint density at radius 3 is 2.57 bits per heavy atom. The van der Waals surface area contributed by atoms with Crippen molar-refractivity contribution in [2.24, 2.45) is 7.05 Å². The lowest BCUT2D eigenvalue weighted by Crippen LogP contribution is -2.42. The number of rotatable bonds is 5. The minimum Gasteiger partial charge on any atom is -0.598 e. The second-order valence-corrected chi connectivity index (χ2v) is 8.25. The Balaban J connectivity index is 2.42. The zero-order valence-electron chi connectivity index (χ0n) is 14.0. The fourth-order valence-corrected chi connectivity index (χ4v) is 2.92. The van der Waals surface area contributed by atoms with Crippen molar-refractivity contribution in [1.82, 2.24) is 14.3 Å². The monoisotopic (exact) mass is 339 g/mol. The molecule has 0 radical (unpaired) electrons. The van der Waals surface area contributed by atoms with Crippen molar-refractivity contribution in [3.8, 4) is 5.75 Å². The van der Waals surface area contributed by atoms with E-state index >= 15 is 0 Å². The van der Waals surface area contributed by atoms with Gasteiger partial charge in [-0.1, -0.05) is 6.07 Å². The van der Waals surface area contributed by atoms with Gasteiger partial charge in [-0.15, -0.1) is 4.72 Å². The van der Waals surface area contributed by atoms with Crippen LogP contribution in [-0.4, -0.2) is 26.0 Å². The summed E-state index contributed by atoms with van der Waals surface area (Å²) in [5.41, 5.74) is 1.46. The molecular weight excluding hydrogens is 317 g/mol. The number of halogens is 1. The van der Waals surface area contributed by atoms with Crippen LogP contribution in [0, 0.1) is 5.82 Å². The third-order valence-corrected chi connectivity index (χ3v) is 5.00. The topological polar surface area (TPSA) is 62.1 Å². The quantitative estimate of drug-likeness (QED) is 0.851. The molecule has 0 saturated heterocycles. The van der Waals surface area contributed by atoms with Gasteiger partial charge in [-0.05, 0) is 38.5 Å². The van der Waals surface area contributed by atoms with E-state index in [4.69, 9.17) is 4.74 Å². The molecule has 0 spiro atoms. The molecule has 2 rings (SSSR count). The van der Waals surface area contributed by atoms with E-state index in [1.165, 1.54) is 13.2 Å². The molecule has 5 nitrogen and oxygen atoms in total. The molecule has 23 heavy (non-hydrogen) atoms. The Kier molecular flexibility index (Phi) is 5.33. The zero-order chi connectivity index (χ0) is 17.2. The van der Waals surface area contributed by atoms with Gasteiger partial charge in [0.1, 0.15) is 10.8 Å². The summed E-state index contributed by atoms with van der Waals surface area (Å²) in [6.07, 6.45) is 3.34. The molecule has 0 aliphatic rings. The summed E-state index contributed by atoms with van der Waals surface area (Å²) in [6.45, 7) is 5.64. The summed E-state index contributed by atoms with van der Waals surface area (Å²) in [5.74, 6) is -0.282. The summed E-state index contributed by atoms with van der Waals surface area (Å²) in [5, 5.41) is 0.